The van der Waals surface area contributed by atoms with Gasteiger partial charge in [-0.25, -0.2) is 9.18 Å². The Kier molecular flexibility index (Phi) is 4.45. The number of halogens is 1. The number of aromatic nitrogens is 1. The molecule has 0 aliphatic heterocycles. The van der Waals surface area contributed by atoms with E-state index in [1.165, 1.54) is 36.4 Å². The third kappa shape index (κ3) is 3.27. The van der Waals surface area contributed by atoms with E-state index in [2.05, 4.69) is 10.5 Å². The van der Waals surface area contributed by atoms with E-state index in [0.29, 0.717) is 0 Å². The summed E-state index contributed by atoms with van der Waals surface area (Å²) in [6.45, 7) is 0. The predicted octanol–water partition coefficient (Wildman–Crippen LogP) is 3.30. The SMILES string of the molecule is N#Cc1ccc(NC(=O)c2cc(-c3ccccc3F)on2)c(C(=O)O)c1. The van der Waals surface area contributed by atoms with Gasteiger partial charge in [0.25, 0.3) is 5.91 Å². The zero-order valence-electron chi connectivity index (χ0n) is 13.1. The Hall–Kier alpha value is -3.99. The molecule has 26 heavy (non-hydrogen) atoms. The third-order valence-electron chi connectivity index (χ3n) is 3.51. The number of hydrogen-bond donors (Lipinski definition) is 2. The van der Waals surface area contributed by atoms with Crippen molar-refractivity contribution in [2.45, 2.75) is 0 Å². The number of carboxylic acids is 1. The second-order valence-corrected chi connectivity index (χ2v) is 5.19. The first-order chi connectivity index (χ1) is 12.5. The largest absolute Gasteiger partial charge is 0.478 e. The van der Waals surface area contributed by atoms with Crippen molar-refractivity contribution in [1.29, 1.82) is 5.26 Å². The molecule has 0 spiro atoms. The summed E-state index contributed by atoms with van der Waals surface area (Å²) in [6, 6.07) is 12.7. The van der Waals surface area contributed by atoms with Crippen LogP contribution in [-0.2, 0) is 0 Å². The number of benzene rings is 2. The third-order valence-corrected chi connectivity index (χ3v) is 3.51. The van der Waals surface area contributed by atoms with E-state index in [1.807, 2.05) is 6.07 Å². The maximum atomic E-state index is 13.8. The predicted molar refractivity (Wildman–Crippen MR) is 88.0 cm³/mol. The molecule has 0 saturated carbocycles. The number of amides is 1. The van der Waals surface area contributed by atoms with Gasteiger partial charge in [-0.05, 0) is 30.3 Å². The van der Waals surface area contributed by atoms with Gasteiger partial charge in [-0.2, -0.15) is 5.26 Å². The number of rotatable bonds is 4. The molecule has 0 bridgehead atoms. The van der Waals surface area contributed by atoms with Gasteiger partial charge in [0.1, 0.15) is 5.82 Å². The number of hydrogen-bond acceptors (Lipinski definition) is 5. The minimum absolute atomic E-state index is 0.00283. The summed E-state index contributed by atoms with van der Waals surface area (Å²) >= 11 is 0. The van der Waals surface area contributed by atoms with Gasteiger partial charge < -0.3 is 14.9 Å². The quantitative estimate of drug-likeness (QED) is 0.745. The summed E-state index contributed by atoms with van der Waals surface area (Å²) in [4.78, 5) is 23.6. The van der Waals surface area contributed by atoms with Crippen molar-refractivity contribution in [3.63, 3.8) is 0 Å². The van der Waals surface area contributed by atoms with Gasteiger partial charge in [0, 0.05) is 6.07 Å². The number of aromatic carboxylic acids is 1. The van der Waals surface area contributed by atoms with Gasteiger partial charge in [0.05, 0.1) is 28.4 Å². The number of anilines is 1. The molecule has 7 nitrogen and oxygen atoms in total. The van der Waals surface area contributed by atoms with Gasteiger partial charge in [-0.3, -0.25) is 4.79 Å². The van der Waals surface area contributed by atoms with Crippen molar-refractivity contribution in [2.24, 2.45) is 0 Å². The minimum atomic E-state index is -1.30. The second kappa shape index (κ2) is 6.86. The van der Waals surface area contributed by atoms with Gasteiger partial charge >= 0.3 is 5.97 Å². The highest BCUT2D eigenvalue weighted by atomic mass is 19.1. The Labute approximate surface area is 146 Å². The summed E-state index contributed by atoms with van der Waals surface area (Å²) in [5.41, 5.74) is -0.108. The van der Waals surface area contributed by atoms with Crippen LogP contribution in [0.15, 0.2) is 53.1 Å². The van der Waals surface area contributed by atoms with E-state index in [1.54, 1.807) is 6.07 Å². The van der Waals surface area contributed by atoms with Crippen molar-refractivity contribution in [3.8, 4) is 17.4 Å². The van der Waals surface area contributed by atoms with E-state index in [0.717, 1.165) is 6.07 Å². The van der Waals surface area contributed by atoms with E-state index < -0.39 is 17.7 Å². The number of nitrogens with one attached hydrogen (secondary N) is 1. The molecular formula is C18H10FN3O4. The van der Waals surface area contributed by atoms with Gasteiger partial charge in [0.2, 0.25) is 0 Å². The summed E-state index contributed by atoms with van der Waals surface area (Å²) in [7, 11) is 0. The van der Waals surface area contributed by atoms with E-state index in [9.17, 15) is 19.1 Å². The molecule has 0 aliphatic carbocycles. The lowest BCUT2D eigenvalue weighted by molar-refractivity contribution is 0.0698. The number of carbonyl (C=O) groups is 2. The Morgan fingerprint density at radius 3 is 2.65 bits per heavy atom. The molecule has 0 fully saturated rings. The first-order valence-corrected chi connectivity index (χ1v) is 7.30. The fourth-order valence-corrected chi connectivity index (χ4v) is 2.26. The van der Waals surface area contributed by atoms with Crippen LogP contribution in [0.3, 0.4) is 0 Å². The Morgan fingerprint density at radius 1 is 1.19 bits per heavy atom. The van der Waals surface area contributed by atoms with Crippen molar-refractivity contribution in [1.82, 2.24) is 5.16 Å². The number of nitriles is 1. The maximum Gasteiger partial charge on any atom is 0.337 e. The zero-order chi connectivity index (χ0) is 18.7. The molecule has 128 valence electrons. The van der Waals surface area contributed by atoms with E-state index in [-0.39, 0.29) is 33.8 Å². The molecule has 3 rings (SSSR count). The first kappa shape index (κ1) is 16.9. The van der Waals surface area contributed by atoms with Gasteiger partial charge in [-0.15, -0.1) is 0 Å². The summed E-state index contributed by atoms with van der Waals surface area (Å²) in [5.74, 6) is -2.50. The molecular weight excluding hydrogens is 341 g/mol. The van der Waals surface area contributed by atoms with Crippen LogP contribution >= 0.6 is 0 Å². The average molecular weight is 351 g/mol. The summed E-state index contributed by atoms with van der Waals surface area (Å²) < 4.78 is 18.8. The fraction of sp³-hybridized carbons (Fsp3) is 0. The van der Waals surface area contributed by atoms with Crippen LogP contribution in [-0.4, -0.2) is 22.1 Å². The Balaban J connectivity index is 1.87. The standard InChI is InChI=1S/C18H10FN3O4/c19-13-4-2-1-3-11(13)16-8-15(22-26-16)17(23)21-14-6-5-10(9-20)7-12(14)18(24)25/h1-8H,(H,21,23)(H,24,25). The molecule has 1 amide bonds. The molecule has 0 aliphatic rings. The first-order valence-electron chi connectivity index (χ1n) is 7.30. The van der Waals surface area contributed by atoms with Crippen LogP contribution in [0.25, 0.3) is 11.3 Å². The molecule has 0 atom stereocenters. The monoisotopic (exact) mass is 351 g/mol. The van der Waals surface area contributed by atoms with Crippen LogP contribution in [0.4, 0.5) is 10.1 Å². The average Bonchev–Trinajstić information content (AvgIpc) is 3.12. The van der Waals surface area contributed by atoms with Crippen molar-refractivity contribution in [3.05, 3.63) is 71.2 Å². The highest BCUT2D eigenvalue weighted by Crippen LogP contribution is 2.24. The highest BCUT2D eigenvalue weighted by Gasteiger charge is 2.19. The summed E-state index contributed by atoms with van der Waals surface area (Å²) in [6.07, 6.45) is 0. The molecule has 0 unspecified atom stereocenters. The topological polar surface area (TPSA) is 116 Å². The zero-order valence-corrected chi connectivity index (χ0v) is 13.1. The Bertz CT molecular complexity index is 1050. The van der Waals surface area contributed by atoms with Gasteiger partial charge in [0.15, 0.2) is 11.5 Å². The molecule has 2 N–H and O–H groups in total. The maximum absolute atomic E-state index is 13.8. The summed E-state index contributed by atoms with van der Waals surface area (Å²) in [5, 5.41) is 24.0. The lowest BCUT2D eigenvalue weighted by atomic mass is 10.1. The van der Waals surface area contributed by atoms with Crippen molar-refractivity contribution < 1.29 is 23.6 Å². The molecule has 8 heteroatoms. The number of carboxylic acid groups (broad SMARTS) is 1. The van der Waals surface area contributed by atoms with Gasteiger partial charge in [-0.1, -0.05) is 17.3 Å². The number of nitrogens with zero attached hydrogens (tertiary/aromatic N) is 2. The normalized spacial score (nSPS) is 10.2. The Morgan fingerprint density at radius 2 is 1.96 bits per heavy atom. The minimum Gasteiger partial charge on any atom is -0.478 e. The van der Waals surface area contributed by atoms with Crippen LogP contribution < -0.4 is 5.32 Å². The van der Waals surface area contributed by atoms with Crippen molar-refractivity contribution in [2.75, 3.05) is 5.32 Å². The van der Waals surface area contributed by atoms with Crippen LogP contribution in [0.2, 0.25) is 0 Å². The lowest BCUT2D eigenvalue weighted by Gasteiger charge is -2.07. The lowest BCUT2D eigenvalue weighted by Crippen LogP contribution is -2.15. The molecule has 2 aromatic carbocycles. The smallest absolute Gasteiger partial charge is 0.337 e. The molecule has 0 saturated heterocycles. The van der Waals surface area contributed by atoms with E-state index >= 15 is 0 Å². The molecule has 0 radical (unpaired) electrons. The number of carbonyl (C=O) groups excluding carboxylic acids is 1. The highest BCUT2D eigenvalue weighted by molar-refractivity contribution is 6.07. The van der Waals surface area contributed by atoms with Crippen LogP contribution in [0.5, 0.6) is 0 Å². The van der Waals surface area contributed by atoms with E-state index in [4.69, 9.17) is 9.78 Å². The molecule has 3 aromatic rings. The van der Waals surface area contributed by atoms with Crippen LogP contribution in [0.1, 0.15) is 26.4 Å². The molecule has 1 aromatic heterocycles. The second-order valence-electron chi connectivity index (χ2n) is 5.19. The van der Waals surface area contributed by atoms with Crippen molar-refractivity contribution >= 4 is 17.6 Å². The van der Waals surface area contributed by atoms with Crippen LogP contribution in [0, 0.1) is 17.1 Å². The molecule has 1 heterocycles. The fourth-order valence-electron chi connectivity index (χ4n) is 2.26.